The van der Waals surface area contributed by atoms with Crippen LogP contribution in [-0.4, -0.2) is 21.0 Å². The largest absolute Gasteiger partial charge is 0.362 e. The molecule has 0 N–H and O–H groups in total. The van der Waals surface area contributed by atoms with Crippen LogP contribution in [-0.2, 0) is 0 Å². The van der Waals surface area contributed by atoms with Crippen molar-refractivity contribution in [3.8, 4) is 0 Å². The standard InChI is InChI=1S/C7H8N4/c1-5-2-3-6(10-8)4-7(5)11-9/h2-3,5H,4H2,1H3. The minimum Gasteiger partial charge on any atom is -0.362 e. The van der Waals surface area contributed by atoms with Crippen molar-refractivity contribution in [3.63, 3.8) is 0 Å². The van der Waals surface area contributed by atoms with E-state index < -0.39 is 0 Å². The van der Waals surface area contributed by atoms with Crippen molar-refractivity contribution in [1.29, 1.82) is 0 Å². The highest BCUT2D eigenvalue weighted by molar-refractivity contribution is 6.08. The van der Waals surface area contributed by atoms with Gasteiger partial charge in [-0.3, -0.25) is 0 Å². The van der Waals surface area contributed by atoms with E-state index in [0.717, 1.165) is 0 Å². The van der Waals surface area contributed by atoms with Crippen LogP contribution in [0.5, 0.6) is 0 Å². The first-order chi connectivity index (χ1) is 5.27. The first-order valence-corrected chi connectivity index (χ1v) is 3.38. The maximum atomic E-state index is 8.49. The van der Waals surface area contributed by atoms with Gasteiger partial charge in [0.2, 0.25) is 0 Å². The Balaban J connectivity index is 3.02. The highest BCUT2D eigenvalue weighted by atomic mass is 14.9. The molecule has 1 rings (SSSR count). The second-order valence-corrected chi connectivity index (χ2v) is 2.51. The van der Waals surface area contributed by atoms with Gasteiger partial charge < -0.3 is 11.1 Å². The quantitative estimate of drug-likeness (QED) is 0.362. The van der Waals surface area contributed by atoms with E-state index in [2.05, 4.69) is 9.58 Å². The van der Waals surface area contributed by atoms with Crippen LogP contribution in [0.2, 0.25) is 0 Å². The van der Waals surface area contributed by atoms with Crippen molar-refractivity contribution in [2.45, 2.75) is 13.3 Å². The van der Waals surface area contributed by atoms with E-state index >= 15 is 0 Å². The minimum atomic E-state index is 0.130. The van der Waals surface area contributed by atoms with E-state index in [0.29, 0.717) is 17.8 Å². The van der Waals surface area contributed by atoms with E-state index in [4.69, 9.17) is 11.1 Å². The van der Waals surface area contributed by atoms with Crippen LogP contribution in [0.3, 0.4) is 0 Å². The van der Waals surface area contributed by atoms with E-state index in [1.165, 1.54) is 0 Å². The van der Waals surface area contributed by atoms with Crippen molar-refractivity contribution in [3.05, 3.63) is 23.2 Å². The lowest BCUT2D eigenvalue weighted by Gasteiger charge is -2.01. The maximum Gasteiger partial charge on any atom is 0.303 e. The molecule has 0 saturated carbocycles. The summed E-state index contributed by atoms with van der Waals surface area (Å²) in [6.45, 7) is 1.92. The summed E-state index contributed by atoms with van der Waals surface area (Å²) in [4.78, 5) is 6.12. The van der Waals surface area contributed by atoms with E-state index in [9.17, 15) is 0 Å². The molecule has 4 nitrogen and oxygen atoms in total. The molecular formula is C7H8N4. The number of hydrogen-bond acceptors (Lipinski definition) is 0. The third-order valence-electron chi connectivity index (χ3n) is 1.72. The lowest BCUT2D eigenvalue weighted by Crippen LogP contribution is -2.19. The van der Waals surface area contributed by atoms with Crippen LogP contribution in [0.15, 0.2) is 12.2 Å². The predicted molar refractivity (Wildman–Crippen MR) is 40.2 cm³/mol. The third kappa shape index (κ3) is 1.49. The lowest BCUT2D eigenvalue weighted by molar-refractivity contribution is -0.0202. The molecule has 0 saturated heterocycles. The normalized spacial score (nSPS) is 22.8. The second kappa shape index (κ2) is 3.06. The van der Waals surface area contributed by atoms with Crippen LogP contribution >= 0.6 is 0 Å². The van der Waals surface area contributed by atoms with Crippen LogP contribution in [0.25, 0.3) is 11.1 Å². The molecular weight excluding hydrogens is 140 g/mol. The van der Waals surface area contributed by atoms with Crippen LogP contribution in [0.4, 0.5) is 0 Å². The minimum absolute atomic E-state index is 0.130. The summed E-state index contributed by atoms with van der Waals surface area (Å²) in [5.74, 6) is 0.130. The van der Waals surface area contributed by atoms with Gasteiger partial charge in [-0.2, -0.15) is 9.58 Å². The molecule has 1 unspecified atom stereocenters. The molecule has 1 aliphatic carbocycles. The van der Waals surface area contributed by atoms with Crippen molar-refractivity contribution in [1.82, 2.24) is 0 Å². The molecule has 0 bridgehead atoms. The molecule has 0 fully saturated rings. The number of nitrogens with zero attached hydrogens (tertiary/aromatic N) is 4. The van der Waals surface area contributed by atoms with Gasteiger partial charge in [0, 0.05) is 6.08 Å². The molecule has 0 aromatic rings. The Morgan fingerprint density at radius 3 is 2.73 bits per heavy atom. The summed E-state index contributed by atoms with van der Waals surface area (Å²) >= 11 is 0. The molecule has 0 spiro atoms. The Bertz CT molecular complexity index is 290. The zero-order valence-electron chi connectivity index (χ0n) is 6.23. The average molecular weight is 148 g/mol. The maximum absolute atomic E-state index is 8.49. The Morgan fingerprint density at radius 2 is 2.18 bits per heavy atom. The Hall–Kier alpha value is -1.50. The SMILES string of the molecule is CC1C=CC(=[N+]=[N-])CC1=[N+]=[N-]. The molecule has 4 heteroatoms. The van der Waals surface area contributed by atoms with Crippen molar-refractivity contribution in [2.75, 3.05) is 0 Å². The summed E-state index contributed by atoms with van der Waals surface area (Å²) in [6, 6.07) is 0. The summed E-state index contributed by atoms with van der Waals surface area (Å²) in [5, 5.41) is 0. The van der Waals surface area contributed by atoms with E-state index in [-0.39, 0.29) is 5.92 Å². The van der Waals surface area contributed by atoms with Gasteiger partial charge in [-0.05, 0) is 6.92 Å². The first-order valence-electron chi connectivity index (χ1n) is 3.38. The fourth-order valence-corrected chi connectivity index (χ4v) is 0.967. The van der Waals surface area contributed by atoms with Crippen molar-refractivity contribution >= 4 is 11.4 Å². The number of rotatable bonds is 0. The van der Waals surface area contributed by atoms with Gasteiger partial charge in [-0.25, -0.2) is 0 Å². The van der Waals surface area contributed by atoms with Gasteiger partial charge in [0.25, 0.3) is 5.71 Å². The summed E-state index contributed by atoms with van der Waals surface area (Å²) < 4.78 is 0. The monoisotopic (exact) mass is 148 g/mol. The third-order valence-corrected chi connectivity index (χ3v) is 1.72. The fourth-order valence-electron chi connectivity index (χ4n) is 0.967. The highest BCUT2D eigenvalue weighted by Crippen LogP contribution is 2.09. The molecule has 0 aromatic carbocycles. The van der Waals surface area contributed by atoms with Gasteiger partial charge in [-0.15, -0.1) is 0 Å². The first kappa shape index (κ1) is 7.61. The van der Waals surface area contributed by atoms with Gasteiger partial charge in [-0.1, -0.05) is 6.08 Å². The molecule has 1 aliphatic rings. The lowest BCUT2D eigenvalue weighted by atomic mass is 9.94. The molecule has 0 radical (unpaired) electrons. The zero-order valence-corrected chi connectivity index (χ0v) is 6.23. The van der Waals surface area contributed by atoms with Gasteiger partial charge >= 0.3 is 5.71 Å². The Labute approximate surface area is 64.4 Å². The molecule has 0 heterocycles. The molecule has 0 aliphatic heterocycles. The number of hydrogen-bond donors (Lipinski definition) is 0. The molecule has 1 atom stereocenters. The summed E-state index contributed by atoms with van der Waals surface area (Å²) in [6.07, 6.45) is 3.97. The van der Waals surface area contributed by atoms with Crippen LogP contribution in [0, 0.1) is 5.92 Å². The Morgan fingerprint density at radius 1 is 1.45 bits per heavy atom. The molecule has 0 amide bonds. The number of allylic oxidation sites excluding steroid dienone is 2. The van der Waals surface area contributed by atoms with Gasteiger partial charge in [0.05, 0.1) is 5.92 Å². The summed E-state index contributed by atoms with van der Waals surface area (Å²) in [5.41, 5.74) is 18.0. The van der Waals surface area contributed by atoms with Crippen molar-refractivity contribution < 1.29 is 9.58 Å². The van der Waals surface area contributed by atoms with Crippen LogP contribution < -0.4 is 0 Å². The topological polar surface area (TPSA) is 72.8 Å². The smallest absolute Gasteiger partial charge is 0.303 e. The van der Waals surface area contributed by atoms with Gasteiger partial charge in [0.15, 0.2) is 0 Å². The zero-order chi connectivity index (χ0) is 8.27. The predicted octanol–water partition coefficient (Wildman–Crippen LogP) is 0.924. The average Bonchev–Trinajstić information content (AvgIpc) is 2.05. The highest BCUT2D eigenvalue weighted by Gasteiger charge is 2.26. The molecule has 0 aromatic heterocycles. The summed E-state index contributed by atoms with van der Waals surface area (Å²) in [7, 11) is 0. The molecule has 56 valence electrons. The fraction of sp³-hybridized carbons (Fsp3) is 0.429. The van der Waals surface area contributed by atoms with E-state index in [1.54, 1.807) is 6.08 Å². The van der Waals surface area contributed by atoms with Gasteiger partial charge in [0.1, 0.15) is 6.42 Å². The van der Waals surface area contributed by atoms with Crippen molar-refractivity contribution in [2.24, 2.45) is 5.92 Å². The Kier molecular flexibility index (Phi) is 2.12. The second-order valence-electron chi connectivity index (χ2n) is 2.51. The molecule has 11 heavy (non-hydrogen) atoms. The van der Waals surface area contributed by atoms with Crippen LogP contribution in [0.1, 0.15) is 13.3 Å². The van der Waals surface area contributed by atoms with E-state index in [1.807, 2.05) is 13.0 Å².